The monoisotopic (exact) mass is 244 g/mol. The first-order chi connectivity index (χ1) is 7.18. The van der Waals surface area contributed by atoms with E-state index in [2.05, 4.69) is 12.2 Å². The normalized spacial score (nSPS) is 20.4. The second-order valence-corrected chi connectivity index (χ2v) is 4.00. The van der Waals surface area contributed by atoms with Gasteiger partial charge in [0.15, 0.2) is 0 Å². The lowest BCUT2D eigenvalue weighted by Crippen LogP contribution is -2.51. The Bertz CT molecular complexity index is 365. The van der Waals surface area contributed by atoms with Crippen molar-refractivity contribution in [3.8, 4) is 0 Å². The zero-order chi connectivity index (χ0) is 10.8. The molecule has 1 amide bonds. The predicted octanol–water partition coefficient (Wildman–Crippen LogP) is 1.44. The van der Waals surface area contributed by atoms with Gasteiger partial charge in [-0.1, -0.05) is 0 Å². The van der Waals surface area contributed by atoms with E-state index in [0.29, 0.717) is 17.4 Å². The summed E-state index contributed by atoms with van der Waals surface area (Å²) in [6.07, 6.45) is 1.56. The van der Waals surface area contributed by atoms with E-state index in [1.165, 1.54) is 0 Å². The largest absolute Gasteiger partial charge is 0.469 e. The molecular formula is C11H17ClN2O2. The molecule has 16 heavy (non-hydrogen) atoms. The van der Waals surface area contributed by atoms with Crippen molar-refractivity contribution >= 4 is 18.3 Å². The number of nitrogens with one attached hydrogen (secondary N) is 1. The summed E-state index contributed by atoms with van der Waals surface area (Å²) in [7, 11) is 0. The van der Waals surface area contributed by atoms with Crippen LogP contribution in [0.2, 0.25) is 0 Å². The fourth-order valence-electron chi connectivity index (χ4n) is 1.89. The van der Waals surface area contributed by atoms with Gasteiger partial charge in [-0.05, 0) is 19.9 Å². The van der Waals surface area contributed by atoms with Crippen LogP contribution in [-0.4, -0.2) is 36.5 Å². The quantitative estimate of drug-likeness (QED) is 0.813. The van der Waals surface area contributed by atoms with E-state index in [9.17, 15) is 4.79 Å². The molecule has 1 aliphatic rings. The standard InChI is InChI=1S/C11H16N2O2.ClH/c1-8-7-13(5-4-12-8)11(14)10-3-6-15-9(10)2;/h3,6,8,12H,4-5,7H2,1-2H3;1H. The molecule has 5 heteroatoms. The van der Waals surface area contributed by atoms with Crippen LogP contribution in [0.15, 0.2) is 16.7 Å². The molecule has 1 N–H and O–H groups in total. The molecule has 0 spiro atoms. The first-order valence-corrected chi connectivity index (χ1v) is 5.25. The molecule has 1 saturated heterocycles. The molecule has 0 radical (unpaired) electrons. The van der Waals surface area contributed by atoms with Gasteiger partial charge in [0.25, 0.3) is 5.91 Å². The molecule has 1 fully saturated rings. The number of carbonyl (C=O) groups excluding carboxylic acids is 1. The van der Waals surface area contributed by atoms with Crippen LogP contribution in [0.4, 0.5) is 0 Å². The fraction of sp³-hybridized carbons (Fsp3) is 0.545. The number of hydrogen-bond acceptors (Lipinski definition) is 3. The van der Waals surface area contributed by atoms with Crippen LogP contribution < -0.4 is 5.32 Å². The minimum Gasteiger partial charge on any atom is -0.469 e. The summed E-state index contributed by atoms with van der Waals surface area (Å²) in [5.74, 6) is 0.779. The molecule has 2 heterocycles. The Morgan fingerprint density at radius 3 is 2.94 bits per heavy atom. The topological polar surface area (TPSA) is 45.5 Å². The Labute approximate surface area is 101 Å². The number of aryl methyl sites for hydroxylation is 1. The highest BCUT2D eigenvalue weighted by Crippen LogP contribution is 2.13. The van der Waals surface area contributed by atoms with Crippen molar-refractivity contribution < 1.29 is 9.21 Å². The summed E-state index contributed by atoms with van der Waals surface area (Å²) in [6, 6.07) is 2.11. The van der Waals surface area contributed by atoms with Gasteiger partial charge in [-0.25, -0.2) is 0 Å². The highest BCUT2D eigenvalue weighted by Gasteiger charge is 2.23. The summed E-state index contributed by atoms with van der Waals surface area (Å²) >= 11 is 0. The molecule has 0 aromatic carbocycles. The van der Waals surface area contributed by atoms with E-state index in [1.54, 1.807) is 12.3 Å². The van der Waals surface area contributed by atoms with Gasteiger partial charge >= 0.3 is 0 Å². The summed E-state index contributed by atoms with van der Waals surface area (Å²) in [6.45, 7) is 6.31. The van der Waals surface area contributed by atoms with E-state index in [-0.39, 0.29) is 18.3 Å². The number of carbonyl (C=O) groups is 1. The molecule has 1 unspecified atom stereocenters. The summed E-state index contributed by atoms with van der Waals surface area (Å²) in [5.41, 5.74) is 0.684. The van der Waals surface area contributed by atoms with E-state index in [0.717, 1.165) is 19.6 Å². The number of amides is 1. The minimum atomic E-state index is 0. The lowest BCUT2D eigenvalue weighted by atomic mass is 10.2. The van der Waals surface area contributed by atoms with Gasteiger partial charge in [0, 0.05) is 25.7 Å². The lowest BCUT2D eigenvalue weighted by molar-refractivity contribution is 0.0707. The number of rotatable bonds is 1. The van der Waals surface area contributed by atoms with Gasteiger partial charge in [-0.15, -0.1) is 12.4 Å². The summed E-state index contributed by atoms with van der Waals surface area (Å²) in [4.78, 5) is 13.9. The maximum absolute atomic E-state index is 12.1. The first kappa shape index (κ1) is 13.1. The zero-order valence-electron chi connectivity index (χ0n) is 9.53. The molecule has 4 nitrogen and oxygen atoms in total. The van der Waals surface area contributed by atoms with Gasteiger partial charge in [0.05, 0.1) is 11.8 Å². The van der Waals surface area contributed by atoms with Crippen molar-refractivity contribution in [3.05, 3.63) is 23.7 Å². The molecule has 90 valence electrons. The summed E-state index contributed by atoms with van der Waals surface area (Å²) in [5, 5.41) is 3.31. The average Bonchev–Trinajstić information content (AvgIpc) is 2.63. The maximum atomic E-state index is 12.1. The number of piperazine rings is 1. The molecule has 1 aromatic rings. The van der Waals surface area contributed by atoms with Gasteiger partial charge in [0.2, 0.25) is 0 Å². The first-order valence-electron chi connectivity index (χ1n) is 5.25. The smallest absolute Gasteiger partial charge is 0.257 e. The SMILES string of the molecule is Cc1occc1C(=O)N1CCNC(C)C1.Cl. The van der Waals surface area contributed by atoms with Crippen LogP contribution in [-0.2, 0) is 0 Å². The molecule has 0 saturated carbocycles. The second-order valence-electron chi connectivity index (χ2n) is 4.00. The van der Waals surface area contributed by atoms with Crippen molar-refractivity contribution in [2.75, 3.05) is 19.6 Å². The summed E-state index contributed by atoms with van der Waals surface area (Å²) < 4.78 is 5.14. The van der Waals surface area contributed by atoms with Crippen molar-refractivity contribution in [3.63, 3.8) is 0 Å². The van der Waals surface area contributed by atoms with Gasteiger partial charge in [-0.2, -0.15) is 0 Å². The third-order valence-corrected chi connectivity index (χ3v) is 2.75. The number of hydrogen-bond donors (Lipinski definition) is 1. The molecule has 1 aliphatic heterocycles. The molecular weight excluding hydrogens is 228 g/mol. The lowest BCUT2D eigenvalue weighted by Gasteiger charge is -2.31. The van der Waals surface area contributed by atoms with Crippen LogP contribution >= 0.6 is 12.4 Å². The fourth-order valence-corrected chi connectivity index (χ4v) is 1.89. The third-order valence-electron chi connectivity index (χ3n) is 2.75. The molecule has 0 bridgehead atoms. The van der Waals surface area contributed by atoms with Crippen molar-refractivity contribution in [2.24, 2.45) is 0 Å². The van der Waals surface area contributed by atoms with Crippen LogP contribution in [0.25, 0.3) is 0 Å². The molecule has 1 atom stereocenters. The Morgan fingerprint density at radius 1 is 1.62 bits per heavy atom. The third kappa shape index (κ3) is 2.57. The van der Waals surface area contributed by atoms with Gasteiger partial charge in [-0.3, -0.25) is 4.79 Å². The van der Waals surface area contributed by atoms with Crippen molar-refractivity contribution in [1.29, 1.82) is 0 Å². The Kier molecular flexibility index (Phi) is 4.38. The minimum absolute atomic E-state index is 0. The highest BCUT2D eigenvalue weighted by atomic mass is 35.5. The number of halogens is 1. The van der Waals surface area contributed by atoms with Crippen molar-refractivity contribution in [1.82, 2.24) is 10.2 Å². The number of nitrogens with zero attached hydrogens (tertiary/aromatic N) is 1. The molecule has 2 rings (SSSR count). The van der Waals surface area contributed by atoms with E-state index < -0.39 is 0 Å². The highest BCUT2D eigenvalue weighted by molar-refractivity contribution is 5.95. The van der Waals surface area contributed by atoms with Crippen LogP contribution in [0.3, 0.4) is 0 Å². The predicted molar refractivity (Wildman–Crippen MR) is 64.1 cm³/mol. The second kappa shape index (κ2) is 5.37. The Morgan fingerprint density at radius 2 is 2.38 bits per heavy atom. The Hall–Kier alpha value is -1.00. The number of furan rings is 1. The van der Waals surface area contributed by atoms with Crippen molar-refractivity contribution in [2.45, 2.75) is 19.9 Å². The zero-order valence-corrected chi connectivity index (χ0v) is 10.3. The maximum Gasteiger partial charge on any atom is 0.257 e. The van der Waals surface area contributed by atoms with Crippen LogP contribution in [0.5, 0.6) is 0 Å². The Balaban J connectivity index is 0.00000128. The molecule has 0 aliphatic carbocycles. The van der Waals surface area contributed by atoms with E-state index in [1.807, 2.05) is 11.8 Å². The van der Waals surface area contributed by atoms with Crippen LogP contribution in [0.1, 0.15) is 23.0 Å². The van der Waals surface area contributed by atoms with Gasteiger partial charge < -0.3 is 14.6 Å². The van der Waals surface area contributed by atoms with E-state index >= 15 is 0 Å². The molecule has 1 aromatic heterocycles. The average molecular weight is 245 g/mol. The van der Waals surface area contributed by atoms with E-state index in [4.69, 9.17) is 4.42 Å². The van der Waals surface area contributed by atoms with Crippen LogP contribution in [0, 0.1) is 6.92 Å². The van der Waals surface area contributed by atoms with Gasteiger partial charge in [0.1, 0.15) is 5.76 Å².